The summed E-state index contributed by atoms with van der Waals surface area (Å²) >= 11 is 0. The molecule has 4 atom stereocenters. The van der Waals surface area contributed by atoms with Gasteiger partial charge in [-0.25, -0.2) is 0 Å². The van der Waals surface area contributed by atoms with Crippen molar-refractivity contribution in [3.8, 4) is 0 Å². The van der Waals surface area contributed by atoms with Crippen molar-refractivity contribution in [2.24, 2.45) is 11.8 Å². The predicted molar refractivity (Wildman–Crippen MR) is 107 cm³/mol. The van der Waals surface area contributed by atoms with Gasteiger partial charge in [0.1, 0.15) is 0 Å². The average Bonchev–Trinajstić information content (AvgIpc) is 2.70. The second-order valence-electron chi connectivity index (χ2n) is 7.86. The first kappa shape index (κ1) is 24.8. The molecule has 8 nitrogen and oxygen atoms in total. The van der Waals surface area contributed by atoms with Crippen LogP contribution in [0.15, 0.2) is 0 Å². The Morgan fingerprint density at radius 1 is 0.750 bits per heavy atom. The lowest BCUT2D eigenvalue weighted by Crippen LogP contribution is -2.71. The molecule has 0 bridgehead atoms. The second kappa shape index (κ2) is 13.1. The Balaban J connectivity index is 2.61. The van der Waals surface area contributed by atoms with Crippen molar-refractivity contribution >= 4 is 11.8 Å². The van der Waals surface area contributed by atoms with E-state index in [1.807, 2.05) is 0 Å². The standard InChI is InChI=1S/C20H40N4O4/c1-5-15(3)17(21)19(25)23-7-11-27-13-9-24(10-14-28-12-8-23)20(26)18(22)16(4)6-2/h15-18H,5-14,21-22H2,1-4H3/p+2/t15-,16-,17-,18+/m0/s1. The molecule has 0 radical (unpaired) electrons. The minimum atomic E-state index is -0.249. The summed E-state index contributed by atoms with van der Waals surface area (Å²) in [6, 6.07) is -0.499. The zero-order valence-corrected chi connectivity index (χ0v) is 18.3. The highest BCUT2D eigenvalue weighted by Gasteiger charge is 2.30. The van der Waals surface area contributed by atoms with Crippen molar-refractivity contribution < 1.29 is 30.5 Å². The molecule has 0 unspecified atom stereocenters. The number of nitrogens with zero attached hydrogens (tertiary/aromatic N) is 2. The maximum absolute atomic E-state index is 12.7. The molecule has 1 aliphatic heterocycles. The zero-order valence-electron chi connectivity index (χ0n) is 18.3. The van der Waals surface area contributed by atoms with Gasteiger partial charge in [-0.3, -0.25) is 9.59 Å². The van der Waals surface area contributed by atoms with Crippen molar-refractivity contribution in [3.63, 3.8) is 0 Å². The van der Waals surface area contributed by atoms with Crippen LogP contribution in [0.1, 0.15) is 40.5 Å². The first-order chi connectivity index (χ1) is 13.3. The predicted octanol–water partition coefficient (Wildman–Crippen LogP) is -0.996. The molecule has 8 heteroatoms. The molecule has 0 spiro atoms. The molecule has 28 heavy (non-hydrogen) atoms. The van der Waals surface area contributed by atoms with Gasteiger partial charge < -0.3 is 30.7 Å². The molecule has 0 aromatic rings. The van der Waals surface area contributed by atoms with Gasteiger partial charge in [0, 0.05) is 38.0 Å². The third-order valence-corrected chi connectivity index (χ3v) is 5.94. The van der Waals surface area contributed by atoms with Gasteiger partial charge in [-0.1, -0.05) is 27.7 Å². The van der Waals surface area contributed by atoms with Gasteiger partial charge >= 0.3 is 0 Å². The van der Waals surface area contributed by atoms with Gasteiger partial charge in [-0.2, -0.15) is 0 Å². The van der Waals surface area contributed by atoms with E-state index in [0.717, 1.165) is 12.8 Å². The molecule has 1 heterocycles. The highest BCUT2D eigenvalue weighted by atomic mass is 16.5. The Morgan fingerprint density at radius 3 is 1.29 bits per heavy atom. The van der Waals surface area contributed by atoms with Crippen LogP contribution >= 0.6 is 0 Å². The summed E-state index contributed by atoms with van der Waals surface area (Å²) in [4.78, 5) is 29.0. The van der Waals surface area contributed by atoms with E-state index in [-0.39, 0.29) is 35.7 Å². The molecule has 1 rings (SSSR count). The van der Waals surface area contributed by atoms with Crippen LogP contribution in [0.4, 0.5) is 0 Å². The van der Waals surface area contributed by atoms with Gasteiger partial charge in [0.25, 0.3) is 11.8 Å². The van der Waals surface area contributed by atoms with Gasteiger partial charge in [0.2, 0.25) is 0 Å². The van der Waals surface area contributed by atoms with E-state index < -0.39 is 0 Å². The topological polar surface area (TPSA) is 114 Å². The monoisotopic (exact) mass is 402 g/mol. The summed E-state index contributed by atoms with van der Waals surface area (Å²) in [5, 5.41) is 0. The molecular formula is C20H42N4O4+2. The smallest absolute Gasteiger partial charge is 0.281 e. The number of rotatable bonds is 6. The van der Waals surface area contributed by atoms with Crippen LogP contribution in [-0.4, -0.2) is 86.3 Å². The van der Waals surface area contributed by atoms with Gasteiger partial charge in [-0.05, 0) is 12.8 Å². The van der Waals surface area contributed by atoms with Crippen LogP contribution < -0.4 is 11.5 Å². The molecule has 1 aliphatic rings. The zero-order chi connectivity index (χ0) is 21.1. The average molecular weight is 403 g/mol. The number of carbonyl (C=O) groups is 2. The molecular weight excluding hydrogens is 360 g/mol. The lowest BCUT2D eigenvalue weighted by molar-refractivity contribution is -0.417. The van der Waals surface area contributed by atoms with E-state index in [1.165, 1.54) is 0 Å². The Kier molecular flexibility index (Phi) is 11.6. The Morgan fingerprint density at radius 2 is 1.04 bits per heavy atom. The van der Waals surface area contributed by atoms with Gasteiger partial charge in [0.15, 0.2) is 12.1 Å². The molecule has 0 saturated carbocycles. The first-order valence-electron chi connectivity index (χ1n) is 10.7. The molecule has 1 saturated heterocycles. The molecule has 1 fully saturated rings. The van der Waals surface area contributed by atoms with Gasteiger partial charge in [-0.15, -0.1) is 0 Å². The first-order valence-corrected chi connectivity index (χ1v) is 10.7. The van der Waals surface area contributed by atoms with Crippen LogP contribution in [0.5, 0.6) is 0 Å². The minimum Gasteiger partial charge on any atom is -0.378 e. The maximum atomic E-state index is 12.7. The highest BCUT2D eigenvalue weighted by Crippen LogP contribution is 2.09. The number of quaternary nitrogens is 2. The van der Waals surface area contributed by atoms with E-state index in [0.29, 0.717) is 52.6 Å². The van der Waals surface area contributed by atoms with E-state index >= 15 is 0 Å². The summed E-state index contributed by atoms with van der Waals surface area (Å²) in [7, 11) is 0. The van der Waals surface area contributed by atoms with Crippen molar-refractivity contribution in [2.75, 3.05) is 52.6 Å². The lowest BCUT2D eigenvalue weighted by atomic mass is 9.99. The summed E-state index contributed by atoms with van der Waals surface area (Å²) in [5.74, 6) is 0.612. The molecule has 2 amide bonds. The fraction of sp³-hybridized carbons (Fsp3) is 0.900. The number of hydrogen-bond acceptors (Lipinski definition) is 4. The third-order valence-electron chi connectivity index (χ3n) is 5.94. The fourth-order valence-electron chi connectivity index (χ4n) is 3.09. The largest absolute Gasteiger partial charge is 0.378 e. The van der Waals surface area contributed by atoms with Crippen LogP contribution in [-0.2, 0) is 19.1 Å². The summed E-state index contributed by atoms with van der Waals surface area (Å²) in [6.45, 7) is 12.1. The second-order valence-corrected chi connectivity index (χ2v) is 7.86. The summed E-state index contributed by atoms with van der Waals surface area (Å²) in [6.07, 6.45) is 1.85. The number of ether oxygens (including phenoxy) is 2. The molecule has 0 aliphatic carbocycles. The van der Waals surface area contributed by atoms with Crippen molar-refractivity contribution in [1.82, 2.24) is 9.80 Å². The highest BCUT2D eigenvalue weighted by molar-refractivity contribution is 5.81. The number of amides is 2. The number of carbonyl (C=O) groups excluding carboxylic acids is 2. The third kappa shape index (κ3) is 7.66. The van der Waals surface area contributed by atoms with Crippen LogP contribution in [0, 0.1) is 11.8 Å². The Hall–Kier alpha value is -1.22. The Bertz CT molecular complexity index is 423. The normalized spacial score (nSPS) is 21.8. The quantitative estimate of drug-likeness (QED) is 0.593. The minimum absolute atomic E-state index is 0.0591. The molecule has 6 N–H and O–H groups in total. The SMILES string of the molecule is CC[C@H](C)[C@H]([NH3+])C(=O)N1CCOCCN(C(=O)[C@H]([NH3+])[C@@H](C)CC)CCOCC1. The maximum Gasteiger partial charge on any atom is 0.281 e. The van der Waals surface area contributed by atoms with E-state index in [9.17, 15) is 9.59 Å². The van der Waals surface area contributed by atoms with Crippen molar-refractivity contribution in [1.29, 1.82) is 0 Å². The molecule has 164 valence electrons. The van der Waals surface area contributed by atoms with E-state index in [1.54, 1.807) is 9.80 Å². The summed E-state index contributed by atoms with van der Waals surface area (Å²) < 4.78 is 11.5. The van der Waals surface area contributed by atoms with Crippen molar-refractivity contribution in [2.45, 2.75) is 52.6 Å². The van der Waals surface area contributed by atoms with E-state index in [4.69, 9.17) is 9.47 Å². The lowest BCUT2D eigenvalue weighted by Gasteiger charge is -2.29. The molecule has 0 aromatic heterocycles. The van der Waals surface area contributed by atoms with Gasteiger partial charge in [0.05, 0.1) is 26.4 Å². The summed E-state index contributed by atoms with van der Waals surface area (Å²) in [5.41, 5.74) is 8.11. The fourth-order valence-corrected chi connectivity index (χ4v) is 3.09. The number of hydrogen-bond donors (Lipinski definition) is 2. The van der Waals surface area contributed by atoms with E-state index in [2.05, 4.69) is 39.2 Å². The van der Waals surface area contributed by atoms with Crippen molar-refractivity contribution in [3.05, 3.63) is 0 Å². The van der Waals surface area contributed by atoms with Crippen LogP contribution in [0.2, 0.25) is 0 Å². The van der Waals surface area contributed by atoms with Crippen LogP contribution in [0.25, 0.3) is 0 Å². The van der Waals surface area contributed by atoms with Crippen LogP contribution in [0.3, 0.4) is 0 Å². The molecule has 0 aromatic carbocycles. The Labute approximate surface area is 169 Å².